The fourth-order valence-electron chi connectivity index (χ4n) is 0.437. The van der Waals surface area contributed by atoms with Crippen LogP contribution in [0.2, 0.25) is 0 Å². The molecule has 0 aromatic rings. The molecule has 0 radical (unpaired) electrons. The summed E-state index contributed by atoms with van der Waals surface area (Å²) in [7, 11) is 1.18. The van der Waals surface area contributed by atoms with Crippen LogP contribution in [0.3, 0.4) is 0 Å². The number of amides is 1. The van der Waals surface area contributed by atoms with Gasteiger partial charge in [-0.15, -0.1) is 0 Å². The van der Waals surface area contributed by atoms with Gasteiger partial charge < -0.3 is 15.2 Å². The first kappa shape index (κ1) is 11.2. The molecule has 0 heterocycles. The van der Waals surface area contributed by atoms with Gasteiger partial charge in [-0.2, -0.15) is 0 Å². The zero-order valence-electron chi connectivity index (χ0n) is 6.94. The monoisotopic (exact) mass is 187 g/mol. The van der Waals surface area contributed by atoms with Crippen LogP contribution in [0.1, 0.15) is 0 Å². The lowest BCUT2D eigenvalue weighted by Crippen LogP contribution is -2.28. The SMILES string of the molecule is COC(=O)CNC(=O)C=CC(=O)O. The smallest absolute Gasteiger partial charge is 0.328 e. The van der Waals surface area contributed by atoms with Gasteiger partial charge in [-0.1, -0.05) is 0 Å². The number of nitrogens with one attached hydrogen (secondary N) is 1. The fraction of sp³-hybridized carbons (Fsp3) is 0.286. The van der Waals surface area contributed by atoms with Crippen molar-refractivity contribution in [3.8, 4) is 0 Å². The molecule has 0 aliphatic heterocycles. The highest BCUT2D eigenvalue weighted by atomic mass is 16.5. The molecule has 0 fully saturated rings. The molecule has 0 aliphatic rings. The molecule has 6 nitrogen and oxygen atoms in total. The molecule has 0 spiro atoms. The van der Waals surface area contributed by atoms with Crippen molar-refractivity contribution in [1.29, 1.82) is 0 Å². The lowest BCUT2D eigenvalue weighted by Gasteiger charge is -1.98. The van der Waals surface area contributed by atoms with Gasteiger partial charge in [0.2, 0.25) is 5.91 Å². The number of methoxy groups -OCH3 is 1. The Morgan fingerprint density at radius 1 is 1.38 bits per heavy atom. The van der Waals surface area contributed by atoms with Crippen LogP contribution < -0.4 is 5.32 Å². The number of esters is 1. The molecule has 72 valence electrons. The van der Waals surface area contributed by atoms with E-state index in [9.17, 15) is 14.4 Å². The molecule has 0 bridgehead atoms. The number of carboxylic acids is 1. The number of carbonyl (C=O) groups is 3. The Morgan fingerprint density at radius 3 is 2.46 bits per heavy atom. The molecule has 2 N–H and O–H groups in total. The second kappa shape index (κ2) is 5.76. The van der Waals surface area contributed by atoms with Gasteiger partial charge in [0.1, 0.15) is 6.54 Å². The van der Waals surface area contributed by atoms with Gasteiger partial charge in [-0.3, -0.25) is 9.59 Å². The molecule has 0 atom stereocenters. The van der Waals surface area contributed by atoms with E-state index in [1.54, 1.807) is 0 Å². The highest BCUT2D eigenvalue weighted by Gasteiger charge is 2.01. The first-order valence-electron chi connectivity index (χ1n) is 3.32. The van der Waals surface area contributed by atoms with Gasteiger partial charge >= 0.3 is 11.9 Å². The predicted octanol–water partition coefficient (Wildman–Crippen LogP) is -1.08. The predicted molar refractivity (Wildman–Crippen MR) is 41.8 cm³/mol. The van der Waals surface area contributed by atoms with Gasteiger partial charge in [0.25, 0.3) is 0 Å². The first-order chi connectivity index (χ1) is 6.06. The Balaban J connectivity index is 3.76. The summed E-state index contributed by atoms with van der Waals surface area (Å²) < 4.78 is 4.23. The van der Waals surface area contributed by atoms with Gasteiger partial charge in [0.15, 0.2) is 0 Å². The van der Waals surface area contributed by atoms with E-state index in [0.29, 0.717) is 6.08 Å². The zero-order chi connectivity index (χ0) is 10.3. The normalized spacial score (nSPS) is 9.62. The van der Waals surface area contributed by atoms with E-state index in [2.05, 4.69) is 10.1 Å². The Hall–Kier alpha value is -1.85. The maximum absolute atomic E-state index is 10.7. The molecule has 0 unspecified atom stereocenters. The van der Waals surface area contributed by atoms with Crippen molar-refractivity contribution in [2.45, 2.75) is 0 Å². The largest absolute Gasteiger partial charge is 0.478 e. The third-order valence-corrected chi connectivity index (χ3v) is 1.01. The maximum atomic E-state index is 10.7. The Bertz CT molecular complexity index is 245. The molecular weight excluding hydrogens is 178 g/mol. The van der Waals surface area contributed by atoms with Crippen LogP contribution >= 0.6 is 0 Å². The van der Waals surface area contributed by atoms with E-state index < -0.39 is 17.8 Å². The summed E-state index contributed by atoms with van der Waals surface area (Å²) in [6, 6.07) is 0. The molecule has 0 aromatic carbocycles. The molecule has 0 rings (SSSR count). The first-order valence-corrected chi connectivity index (χ1v) is 3.32. The van der Waals surface area contributed by atoms with Crippen molar-refractivity contribution in [3.63, 3.8) is 0 Å². The third-order valence-electron chi connectivity index (χ3n) is 1.01. The van der Waals surface area contributed by atoms with Crippen molar-refractivity contribution in [3.05, 3.63) is 12.2 Å². The lowest BCUT2D eigenvalue weighted by molar-refractivity contribution is -0.140. The maximum Gasteiger partial charge on any atom is 0.328 e. The van der Waals surface area contributed by atoms with Crippen molar-refractivity contribution in [2.75, 3.05) is 13.7 Å². The number of aliphatic carboxylic acids is 1. The van der Waals surface area contributed by atoms with E-state index in [4.69, 9.17) is 5.11 Å². The number of hydrogen-bond acceptors (Lipinski definition) is 4. The summed E-state index contributed by atoms with van der Waals surface area (Å²) in [4.78, 5) is 31.1. The minimum absolute atomic E-state index is 0.278. The lowest BCUT2D eigenvalue weighted by atomic mass is 10.4. The Labute approximate surface area is 74.2 Å². The van der Waals surface area contributed by atoms with Crippen molar-refractivity contribution < 1.29 is 24.2 Å². The average molecular weight is 187 g/mol. The van der Waals surface area contributed by atoms with Crippen LogP contribution in [0.25, 0.3) is 0 Å². The minimum Gasteiger partial charge on any atom is -0.478 e. The number of ether oxygens (including phenoxy) is 1. The zero-order valence-corrected chi connectivity index (χ0v) is 6.94. The van der Waals surface area contributed by atoms with E-state index in [1.165, 1.54) is 7.11 Å². The topological polar surface area (TPSA) is 92.7 Å². The summed E-state index contributed by atoms with van der Waals surface area (Å²) in [5.41, 5.74) is 0. The van der Waals surface area contributed by atoms with Crippen molar-refractivity contribution in [1.82, 2.24) is 5.32 Å². The van der Waals surface area contributed by atoms with Crippen LogP contribution in [0.15, 0.2) is 12.2 Å². The van der Waals surface area contributed by atoms with Crippen LogP contribution in [0.5, 0.6) is 0 Å². The number of carboxylic acid groups (broad SMARTS) is 1. The highest BCUT2D eigenvalue weighted by Crippen LogP contribution is 1.75. The summed E-state index contributed by atoms with van der Waals surface area (Å²) in [5.74, 6) is -2.49. The quantitative estimate of drug-likeness (QED) is 0.431. The molecule has 1 amide bonds. The van der Waals surface area contributed by atoms with Gasteiger partial charge in [0, 0.05) is 12.2 Å². The van der Waals surface area contributed by atoms with E-state index in [0.717, 1.165) is 6.08 Å². The number of rotatable bonds is 4. The van der Waals surface area contributed by atoms with Gasteiger partial charge in [-0.05, 0) is 0 Å². The molecule has 0 saturated carbocycles. The van der Waals surface area contributed by atoms with Gasteiger partial charge in [-0.25, -0.2) is 4.79 Å². The number of hydrogen-bond donors (Lipinski definition) is 2. The molecule has 0 aromatic heterocycles. The summed E-state index contributed by atoms with van der Waals surface area (Å²) in [6.07, 6.45) is 1.48. The molecule has 0 saturated heterocycles. The molecule has 6 heteroatoms. The molecule has 0 aliphatic carbocycles. The second-order valence-electron chi connectivity index (χ2n) is 1.97. The summed E-state index contributed by atoms with van der Waals surface area (Å²) >= 11 is 0. The molecule has 13 heavy (non-hydrogen) atoms. The standard InChI is InChI=1S/C7H9NO5/c1-13-7(12)4-8-5(9)2-3-6(10)11/h2-3H,4H2,1H3,(H,8,9)(H,10,11). The van der Waals surface area contributed by atoms with Crippen LogP contribution in [0.4, 0.5) is 0 Å². The van der Waals surface area contributed by atoms with Crippen molar-refractivity contribution in [2.24, 2.45) is 0 Å². The highest BCUT2D eigenvalue weighted by molar-refractivity contribution is 5.95. The van der Waals surface area contributed by atoms with Crippen LogP contribution in [0, 0.1) is 0 Å². The summed E-state index contributed by atoms with van der Waals surface area (Å²) in [5, 5.41) is 10.3. The van der Waals surface area contributed by atoms with E-state index in [1.807, 2.05) is 0 Å². The third kappa shape index (κ3) is 6.54. The number of carbonyl (C=O) groups excluding carboxylic acids is 2. The van der Waals surface area contributed by atoms with E-state index >= 15 is 0 Å². The van der Waals surface area contributed by atoms with E-state index in [-0.39, 0.29) is 6.54 Å². The second-order valence-corrected chi connectivity index (χ2v) is 1.97. The average Bonchev–Trinajstić information content (AvgIpc) is 2.10. The summed E-state index contributed by atoms with van der Waals surface area (Å²) in [6.45, 7) is -0.278. The van der Waals surface area contributed by atoms with Gasteiger partial charge in [0.05, 0.1) is 7.11 Å². The Kier molecular flexibility index (Phi) is 4.94. The molecular formula is C7H9NO5. The van der Waals surface area contributed by atoms with Crippen molar-refractivity contribution >= 4 is 17.8 Å². The van der Waals surface area contributed by atoms with Crippen LogP contribution in [-0.2, 0) is 19.1 Å². The minimum atomic E-state index is -1.23. The Morgan fingerprint density at radius 2 is 2.00 bits per heavy atom. The van der Waals surface area contributed by atoms with Crippen LogP contribution in [-0.4, -0.2) is 36.6 Å². The fourth-order valence-corrected chi connectivity index (χ4v) is 0.437.